The Labute approximate surface area is 128 Å². The zero-order valence-electron chi connectivity index (χ0n) is 11.5. The summed E-state index contributed by atoms with van der Waals surface area (Å²) in [6, 6.07) is 0. The Morgan fingerprint density at radius 1 is 1.25 bits per heavy atom. The van der Waals surface area contributed by atoms with Crippen molar-refractivity contribution in [3.8, 4) is 0 Å². The number of thiol groups is 1. The number of rotatable bonds is 10. The summed E-state index contributed by atoms with van der Waals surface area (Å²) in [6.07, 6.45) is 1.44. The van der Waals surface area contributed by atoms with Crippen molar-refractivity contribution in [1.29, 1.82) is 0 Å². The van der Waals surface area contributed by atoms with Gasteiger partial charge in [0.1, 0.15) is 0 Å². The third-order valence-corrected chi connectivity index (χ3v) is 3.68. The lowest BCUT2D eigenvalue weighted by Gasteiger charge is -2.29. The van der Waals surface area contributed by atoms with Gasteiger partial charge in [0.15, 0.2) is 0 Å². The van der Waals surface area contributed by atoms with Gasteiger partial charge in [-0.05, 0) is 0 Å². The molecule has 1 N–H and O–H groups in total. The van der Waals surface area contributed by atoms with Crippen molar-refractivity contribution in [3.05, 3.63) is 0 Å². The summed E-state index contributed by atoms with van der Waals surface area (Å²) in [7, 11) is 0.0677. The molecule has 0 saturated carbocycles. The molecule has 20 heavy (non-hydrogen) atoms. The Morgan fingerprint density at radius 3 is 2.30 bits per heavy atom. The maximum absolute atomic E-state index is 11.1. The van der Waals surface area contributed by atoms with Crippen LogP contribution < -0.4 is 0 Å². The van der Waals surface area contributed by atoms with Gasteiger partial charge in [-0.1, -0.05) is 7.43 Å². The van der Waals surface area contributed by atoms with E-state index in [1.165, 1.54) is 0 Å². The number of ether oxygens (including phenoxy) is 1. The number of hydrogen-bond donors (Lipinski definition) is 2. The first-order valence-electron chi connectivity index (χ1n) is 6.20. The minimum Gasteiger partial charge on any atom is -0.465 e. The highest BCUT2D eigenvalue weighted by molar-refractivity contribution is 7.85. The topological polar surface area (TPSA) is 80.7 Å². The molecule has 0 radical (unpaired) electrons. The number of hydrogen-bond acceptors (Lipinski definition) is 5. The van der Waals surface area contributed by atoms with Crippen LogP contribution in [0.5, 0.6) is 0 Å². The van der Waals surface area contributed by atoms with Gasteiger partial charge in [-0.25, -0.2) is 0 Å². The molecule has 0 aliphatic heterocycles. The molecule has 0 fully saturated rings. The van der Waals surface area contributed by atoms with Crippen LogP contribution in [-0.4, -0.2) is 68.7 Å². The molecule has 122 valence electrons. The van der Waals surface area contributed by atoms with Crippen molar-refractivity contribution < 1.29 is 27.0 Å². The van der Waals surface area contributed by atoms with E-state index >= 15 is 0 Å². The summed E-state index contributed by atoms with van der Waals surface area (Å²) in [5.74, 6) is 0.0217. The molecular weight excluding hydrogens is 302 g/mol. The minimum atomic E-state index is -3.88. The molecule has 0 aromatic carbocycles. The molecule has 0 aromatic heterocycles. The van der Waals surface area contributed by atoms with Crippen molar-refractivity contribution in [1.82, 2.24) is 0 Å². The number of carbonyl (C=O) groups is 1. The quantitative estimate of drug-likeness (QED) is 0.207. The first-order chi connectivity index (χ1) is 8.66. The van der Waals surface area contributed by atoms with E-state index in [0.29, 0.717) is 36.2 Å². The average molecular weight is 330 g/mol. The van der Waals surface area contributed by atoms with Crippen LogP contribution in [0.3, 0.4) is 0 Å². The van der Waals surface area contributed by atoms with Crippen molar-refractivity contribution in [2.75, 3.05) is 45.3 Å². The summed E-state index contributed by atoms with van der Waals surface area (Å²) in [6.45, 7) is 1.79. The Kier molecular flexibility index (Phi) is 11.5. The van der Waals surface area contributed by atoms with Crippen LogP contribution in [0, 0.1) is 0 Å². The van der Waals surface area contributed by atoms with Gasteiger partial charge >= 0.3 is 5.97 Å². The predicted molar refractivity (Wildman–Crippen MR) is 83.7 cm³/mol. The molecule has 0 aromatic rings. The average Bonchev–Trinajstić information content (AvgIpc) is 2.22. The van der Waals surface area contributed by atoms with E-state index in [4.69, 9.17) is 9.29 Å². The summed E-state index contributed by atoms with van der Waals surface area (Å²) in [5.41, 5.74) is 0. The molecule has 6 nitrogen and oxygen atoms in total. The third-order valence-electron chi connectivity index (χ3n) is 2.65. The predicted octanol–water partition coefficient (Wildman–Crippen LogP) is 1.23. The van der Waals surface area contributed by atoms with Gasteiger partial charge in [-0.3, -0.25) is 9.35 Å². The van der Waals surface area contributed by atoms with Crippen LogP contribution in [0.4, 0.5) is 0 Å². The number of quaternary nitrogens is 1. The molecule has 0 saturated heterocycles. The van der Waals surface area contributed by atoms with E-state index in [-0.39, 0.29) is 19.1 Å². The van der Waals surface area contributed by atoms with Crippen LogP contribution in [-0.2, 0) is 19.6 Å². The van der Waals surface area contributed by atoms with Crippen LogP contribution in [0.15, 0.2) is 0 Å². The summed E-state index contributed by atoms with van der Waals surface area (Å²) < 4.78 is 35.5. The van der Waals surface area contributed by atoms with E-state index in [2.05, 4.69) is 12.6 Å². The van der Waals surface area contributed by atoms with Crippen LogP contribution in [0.1, 0.15) is 26.7 Å². The maximum Gasteiger partial charge on any atom is 0.306 e. The Bertz CT molecular complexity index is 368. The minimum absolute atomic E-state index is 0. The molecule has 0 rings (SSSR count). The Morgan fingerprint density at radius 2 is 1.80 bits per heavy atom. The standard InChI is InChI=1S/C11H23NO5S2.CH4/c1-12(2,7-4-10-19(14,15)16)6-3-8-17-11(13)5-9-18;/h3-10H2,1-2H3,(H-,14,15,16,18);1H4/p+1. The second kappa shape index (κ2) is 10.4. The van der Waals surface area contributed by atoms with Gasteiger partial charge in [0, 0.05) is 18.6 Å². The number of nitrogens with zero attached hydrogens (tertiary/aromatic N) is 1. The van der Waals surface area contributed by atoms with Crippen LogP contribution in [0.2, 0.25) is 0 Å². The molecule has 8 heteroatoms. The molecule has 0 amide bonds. The molecule has 0 bridgehead atoms. The largest absolute Gasteiger partial charge is 0.465 e. The lowest BCUT2D eigenvalue weighted by atomic mass is 10.3. The molecule has 0 atom stereocenters. The SMILES string of the molecule is C.C[N+](C)(CCCOC(=O)CCS)CCCS(=O)(=O)O. The van der Waals surface area contributed by atoms with E-state index in [0.717, 1.165) is 13.0 Å². The number of esters is 1. The summed E-state index contributed by atoms with van der Waals surface area (Å²) in [5, 5.41) is 0. The van der Waals surface area contributed by atoms with Gasteiger partial charge in [0.25, 0.3) is 10.1 Å². The van der Waals surface area contributed by atoms with E-state index in [9.17, 15) is 13.2 Å². The van der Waals surface area contributed by atoms with Crippen LogP contribution >= 0.6 is 12.6 Å². The lowest BCUT2D eigenvalue weighted by molar-refractivity contribution is -0.890. The molecule has 0 spiro atoms. The fourth-order valence-electron chi connectivity index (χ4n) is 1.63. The first kappa shape index (κ1) is 22.0. The Balaban J connectivity index is 0. The molecule has 0 unspecified atom stereocenters. The smallest absolute Gasteiger partial charge is 0.306 e. The maximum atomic E-state index is 11.1. The van der Waals surface area contributed by atoms with E-state index < -0.39 is 10.1 Å². The van der Waals surface area contributed by atoms with Crippen LogP contribution in [0.25, 0.3) is 0 Å². The van der Waals surface area contributed by atoms with Gasteiger partial charge in [-0.15, -0.1) is 0 Å². The Hall–Kier alpha value is -0.310. The van der Waals surface area contributed by atoms with Crippen molar-refractivity contribution in [3.63, 3.8) is 0 Å². The highest BCUT2D eigenvalue weighted by Crippen LogP contribution is 2.03. The summed E-state index contributed by atoms with van der Waals surface area (Å²) in [4.78, 5) is 11.1. The van der Waals surface area contributed by atoms with E-state index in [1.54, 1.807) is 0 Å². The fraction of sp³-hybridized carbons (Fsp3) is 0.917. The molecule has 0 aliphatic rings. The highest BCUT2D eigenvalue weighted by atomic mass is 32.2. The number of carbonyl (C=O) groups excluding carboxylic acids is 1. The second-order valence-corrected chi connectivity index (χ2v) is 7.09. The molecular formula is C12H28NO5S2+. The summed E-state index contributed by atoms with van der Waals surface area (Å²) >= 11 is 3.94. The first-order valence-corrected chi connectivity index (χ1v) is 8.44. The van der Waals surface area contributed by atoms with Gasteiger partial charge in [0.05, 0.1) is 46.0 Å². The van der Waals surface area contributed by atoms with Crippen molar-refractivity contribution in [2.24, 2.45) is 0 Å². The van der Waals surface area contributed by atoms with Crippen molar-refractivity contribution >= 4 is 28.7 Å². The van der Waals surface area contributed by atoms with Gasteiger partial charge in [-0.2, -0.15) is 21.0 Å². The van der Waals surface area contributed by atoms with Crippen molar-refractivity contribution in [2.45, 2.75) is 26.7 Å². The zero-order chi connectivity index (χ0) is 14.9. The molecule has 0 heterocycles. The second-order valence-electron chi connectivity index (χ2n) is 5.07. The van der Waals surface area contributed by atoms with Gasteiger partial charge < -0.3 is 9.22 Å². The van der Waals surface area contributed by atoms with Gasteiger partial charge in [0.2, 0.25) is 0 Å². The highest BCUT2D eigenvalue weighted by Gasteiger charge is 2.16. The zero-order valence-corrected chi connectivity index (χ0v) is 13.3. The third kappa shape index (κ3) is 14.1. The molecule has 0 aliphatic carbocycles. The normalized spacial score (nSPS) is 11.8. The fourth-order valence-corrected chi connectivity index (χ4v) is 2.31. The van der Waals surface area contributed by atoms with E-state index in [1.807, 2.05) is 14.1 Å². The monoisotopic (exact) mass is 330 g/mol. The lowest BCUT2D eigenvalue weighted by Crippen LogP contribution is -2.42.